The number of aromatic nitrogens is 1. The molecule has 0 unspecified atom stereocenters. The van der Waals surface area contributed by atoms with Crippen molar-refractivity contribution in [3.63, 3.8) is 0 Å². The highest BCUT2D eigenvalue weighted by Crippen LogP contribution is 2.12. The zero-order valence-electron chi connectivity index (χ0n) is 11.4. The first-order valence-electron chi connectivity index (χ1n) is 6.44. The number of nitrogens with zero attached hydrogens (tertiary/aromatic N) is 2. The molecule has 0 N–H and O–H groups in total. The quantitative estimate of drug-likeness (QED) is 0.789. The van der Waals surface area contributed by atoms with Crippen molar-refractivity contribution in [2.75, 3.05) is 12.8 Å². The molecule has 6 heteroatoms. The minimum atomic E-state index is -3.21. The predicted molar refractivity (Wildman–Crippen MR) is 82.1 cm³/mol. The molecule has 1 aromatic heterocycles. The average molecular weight is 310 g/mol. The van der Waals surface area contributed by atoms with Crippen molar-refractivity contribution in [1.29, 1.82) is 0 Å². The van der Waals surface area contributed by atoms with Gasteiger partial charge >= 0.3 is 0 Å². The molecule has 2 rings (SSSR count). The summed E-state index contributed by atoms with van der Waals surface area (Å²) in [4.78, 5) is 4.11. The molecule has 0 aliphatic carbocycles. The molecule has 0 aliphatic rings. The van der Waals surface area contributed by atoms with Gasteiger partial charge in [-0.05, 0) is 18.4 Å². The van der Waals surface area contributed by atoms with E-state index in [2.05, 4.69) is 4.98 Å². The largest absolute Gasteiger partial charge is 0.248 e. The summed E-state index contributed by atoms with van der Waals surface area (Å²) in [5.41, 5.74) is 1.17. The first-order chi connectivity index (χ1) is 9.58. The van der Waals surface area contributed by atoms with Crippen LogP contribution in [0.25, 0.3) is 0 Å². The number of rotatable bonds is 7. The van der Waals surface area contributed by atoms with Crippen molar-refractivity contribution >= 4 is 21.4 Å². The summed E-state index contributed by atoms with van der Waals surface area (Å²) in [5, 5.41) is 2.67. The molecular weight excluding hydrogens is 292 g/mol. The molecule has 0 aliphatic heterocycles. The predicted octanol–water partition coefficient (Wildman–Crippen LogP) is 2.54. The minimum absolute atomic E-state index is 0.170. The lowest BCUT2D eigenvalue weighted by Crippen LogP contribution is -2.29. The fraction of sp³-hybridized carbons (Fsp3) is 0.357. The van der Waals surface area contributed by atoms with Gasteiger partial charge in [-0.1, -0.05) is 30.3 Å². The molecule has 0 radical (unpaired) electrons. The van der Waals surface area contributed by atoms with Crippen LogP contribution in [0.15, 0.2) is 41.9 Å². The average Bonchev–Trinajstić information content (AvgIpc) is 2.92. The summed E-state index contributed by atoms with van der Waals surface area (Å²) in [6.45, 7) is 0.353. The third-order valence-corrected chi connectivity index (χ3v) is 5.67. The van der Waals surface area contributed by atoms with E-state index in [9.17, 15) is 8.42 Å². The topological polar surface area (TPSA) is 50.3 Å². The molecule has 108 valence electrons. The normalized spacial score (nSPS) is 11.9. The molecule has 0 fully saturated rings. The minimum Gasteiger partial charge on any atom is -0.248 e. The molecule has 20 heavy (non-hydrogen) atoms. The smallest absolute Gasteiger partial charge is 0.214 e. The van der Waals surface area contributed by atoms with Gasteiger partial charge < -0.3 is 0 Å². The summed E-state index contributed by atoms with van der Waals surface area (Å²) in [7, 11) is -1.60. The van der Waals surface area contributed by atoms with Crippen molar-refractivity contribution < 1.29 is 8.42 Å². The number of sulfonamides is 1. The Labute approximate surface area is 124 Å². The van der Waals surface area contributed by atoms with E-state index >= 15 is 0 Å². The Morgan fingerprint density at radius 1 is 1.25 bits per heavy atom. The van der Waals surface area contributed by atoms with E-state index in [1.165, 1.54) is 21.2 Å². The SMILES string of the molecule is CN(Cc1nccs1)S(=O)(=O)CCCc1ccccc1. The Morgan fingerprint density at radius 3 is 2.65 bits per heavy atom. The van der Waals surface area contributed by atoms with E-state index in [4.69, 9.17) is 0 Å². The van der Waals surface area contributed by atoms with E-state index in [1.807, 2.05) is 35.7 Å². The maximum Gasteiger partial charge on any atom is 0.214 e. The van der Waals surface area contributed by atoms with Gasteiger partial charge in [0.1, 0.15) is 5.01 Å². The summed E-state index contributed by atoms with van der Waals surface area (Å²) in [5.74, 6) is 0.170. The third-order valence-electron chi connectivity index (χ3n) is 3.03. The van der Waals surface area contributed by atoms with Crippen molar-refractivity contribution in [3.8, 4) is 0 Å². The van der Waals surface area contributed by atoms with Gasteiger partial charge in [0.05, 0.1) is 12.3 Å². The lowest BCUT2D eigenvalue weighted by atomic mass is 10.1. The molecule has 0 saturated carbocycles. The second-order valence-corrected chi connectivity index (χ2v) is 7.76. The lowest BCUT2D eigenvalue weighted by molar-refractivity contribution is 0.464. The Bertz CT molecular complexity index is 610. The number of thiazole rings is 1. The fourth-order valence-corrected chi connectivity index (χ4v) is 3.77. The first kappa shape index (κ1) is 15.2. The summed E-state index contributed by atoms with van der Waals surface area (Å²) < 4.78 is 25.7. The van der Waals surface area contributed by atoms with E-state index in [0.29, 0.717) is 13.0 Å². The van der Waals surface area contributed by atoms with Crippen LogP contribution in [0.5, 0.6) is 0 Å². The fourth-order valence-electron chi connectivity index (χ4n) is 1.88. The van der Waals surface area contributed by atoms with Gasteiger partial charge in [0, 0.05) is 18.6 Å². The molecule has 2 aromatic rings. The van der Waals surface area contributed by atoms with E-state index < -0.39 is 10.0 Å². The molecule has 0 bridgehead atoms. The van der Waals surface area contributed by atoms with E-state index in [-0.39, 0.29) is 5.75 Å². The molecule has 1 heterocycles. The van der Waals surface area contributed by atoms with Crippen LogP contribution in [0.2, 0.25) is 0 Å². The third kappa shape index (κ3) is 4.40. The number of hydrogen-bond acceptors (Lipinski definition) is 4. The van der Waals surface area contributed by atoms with Gasteiger partial charge in [-0.15, -0.1) is 11.3 Å². The highest BCUT2D eigenvalue weighted by Gasteiger charge is 2.18. The van der Waals surface area contributed by atoms with Gasteiger partial charge in [0.25, 0.3) is 0 Å². The highest BCUT2D eigenvalue weighted by molar-refractivity contribution is 7.89. The van der Waals surface area contributed by atoms with Gasteiger partial charge in [-0.3, -0.25) is 0 Å². The van der Waals surface area contributed by atoms with E-state index in [0.717, 1.165) is 11.4 Å². The first-order valence-corrected chi connectivity index (χ1v) is 8.93. The van der Waals surface area contributed by atoms with Crippen molar-refractivity contribution in [3.05, 3.63) is 52.5 Å². The molecule has 0 amide bonds. The number of aryl methyl sites for hydroxylation is 1. The van der Waals surface area contributed by atoms with Crippen LogP contribution in [0.4, 0.5) is 0 Å². The van der Waals surface area contributed by atoms with E-state index in [1.54, 1.807) is 13.2 Å². The monoisotopic (exact) mass is 310 g/mol. The maximum atomic E-state index is 12.1. The lowest BCUT2D eigenvalue weighted by Gasteiger charge is -2.15. The van der Waals surface area contributed by atoms with Crippen LogP contribution in [0.3, 0.4) is 0 Å². The zero-order valence-corrected chi connectivity index (χ0v) is 13.0. The van der Waals surface area contributed by atoms with Crippen molar-refractivity contribution in [2.24, 2.45) is 0 Å². The van der Waals surface area contributed by atoms with Crippen LogP contribution >= 0.6 is 11.3 Å². The summed E-state index contributed by atoms with van der Waals surface area (Å²) >= 11 is 1.47. The highest BCUT2D eigenvalue weighted by atomic mass is 32.2. The summed E-state index contributed by atoms with van der Waals surface area (Å²) in [6, 6.07) is 9.94. The second-order valence-electron chi connectivity index (χ2n) is 4.59. The number of hydrogen-bond donors (Lipinski definition) is 0. The van der Waals surface area contributed by atoms with Crippen LogP contribution < -0.4 is 0 Å². The van der Waals surface area contributed by atoms with Gasteiger partial charge in [0.15, 0.2) is 0 Å². The number of benzene rings is 1. The molecule has 0 spiro atoms. The maximum absolute atomic E-state index is 12.1. The van der Waals surface area contributed by atoms with Crippen LogP contribution in [-0.4, -0.2) is 30.5 Å². The Hall–Kier alpha value is -1.24. The Morgan fingerprint density at radius 2 is 2.00 bits per heavy atom. The second kappa shape index (κ2) is 6.97. The molecule has 4 nitrogen and oxygen atoms in total. The molecule has 1 aromatic carbocycles. The standard InChI is InChI=1S/C14H18N2O2S2/c1-16(12-14-15-9-10-19-14)20(17,18)11-5-8-13-6-3-2-4-7-13/h2-4,6-7,9-10H,5,8,11-12H2,1H3. The van der Waals surface area contributed by atoms with Crippen LogP contribution in [-0.2, 0) is 23.0 Å². The van der Waals surface area contributed by atoms with Gasteiger partial charge in [-0.2, -0.15) is 4.31 Å². The van der Waals surface area contributed by atoms with Gasteiger partial charge in [0.2, 0.25) is 10.0 Å². The van der Waals surface area contributed by atoms with Crippen molar-refractivity contribution in [1.82, 2.24) is 9.29 Å². The van der Waals surface area contributed by atoms with Crippen LogP contribution in [0, 0.1) is 0 Å². The van der Waals surface area contributed by atoms with Crippen molar-refractivity contribution in [2.45, 2.75) is 19.4 Å². The van der Waals surface area contributed by atoms with Crippen LogP contribution in [0.1, 0.15) is 17.0 Å². The Kier molecular flexibility index (Phi) is 5.28. The molecule has 0 saturated heterocycles. The zero-order chi connectivity index (χ0) is 14.4. The van der Waals surface area contributed by atoms with Gasteiger partial charge in [-0.25, -0.2) is 13.4 Å². The Balaban J connectivity index is 1.84. The molecule has 0 atom stereocenters. The molecular formula is C14H18N2O2S2. The summed E-state index contributed by atoms with van der Waals surface area (Å²) in [6.07, 6.45) is 3.11.